The molecule has 6 rings (SSSR count). The topological polar surface area (TPSA) is 183 Å². The van der Waals surface area contributed by atoms with Gasteiger partial charge in [0.1, 0.15) is 12.1 Å². The molecule has 3 saturated heterocycles. The lowest BCUT2D eigenvalue weighted by atomic mass is 9.85. The third-order valence-corrected chi connectivity index (χ3v) is 12.9. The number of likely N-dealkylation sites (tertiary alicyclic amines) is 1. The summed E-state index contributed by atoms with van der Waals surface area (Å²) in [6.45, 7) is 17.7. The number of carbonyl (C=O) groups excluding carboxylic acids is 5. The molecule has 5 amide bonds. The van der Waals surface area contributed by atoms with E-state index in [0.29, 0.717) is 44.8 Å². The van der Waals surface area contributed by atoms with Crippen molar-refractivity contribution < 1.29 is 29.1 Å². The van der Waals surface area contributed by atoms with E-state index in [1.165, 1.54) is 4.90 Å². The lowest BCUT2D eigenvalue weighted by molar-refractivity contribution is -0.144. The van der Waals surface area contributed by atoms with Crippen molar-refractivity contribution in [2.45, 2.75) is 78.6 Å². The summed E-state index contributed by atoms with van der Waals surface area (Å²) in [7, 11) is 0. The first-order valence-corrected chi connectivity index (χ1v) is 22.7. The molecule has 3 aliphatic rings. The molecule has 4 heterocycles. The van der Waals surface area contributed by atoms with Gasteiger partial charge in [-0.05, 0) is 61.1 Å². The highest BCUT2D eigenvalue weighted by Crippen LogP contribution is 2.30. The second kappa shape index (κ2) is 21.0. The molecule has 0 bridgehead atoms. The van der Waals surface area contributed by atoms with Crippen LogP contribution in [0.25, 0.3) is 10.4 Å². The van der Waals surface area contributed by atoms with E-state index < -0.39 is 29.5 Å². The van der Waals surface area contributed by atoms with Crippen LogP contribution in [-0.2, 0) is 19.2 Å². The molecule has 0 aliphatic carbocycles. The van der Waals surface area contributed by atoms with Crippen LogP contribution < -0.4 is 26.4 Å². The fourth-order valence-electron chi connectivity index (χ4n) is 8.20. The number of aryl methyl sites for hydroxylation is 1. The zero-order valence-electron chi connectivity index (χ0n) is 37.0. The van der Waals surface area contributed by atoms with Crippen molar-refractivity contribution in [3.63, 3.8) is 0 Å². The predicted octanol–water partition coefficient (Wildman–Crippen LogP) is 2.40. The molecule has 2 aromatic carbocycles. The summed E-state index contributed by atoms with van der Waals surface area (Å²) in [5.41, 5.74) is 11.3. The van der Waals surface area contributed by atoms with E-state index in [4.69, 9.17) is 0 Å². The summed E-state index contributed by atoms with van der Waals surface area (Å²) in [4.78, 5) is 82.2. The maximum Gasteiger partial charge on any atom is 0.265 e. The predicted molar refractivity (Wildman–Crippen MR) is 240 cm³/mol. The van der Waals surface area contributed by atoms with Crippen LogP contribution in [0.2, 0.25) is 0 Å². The number of benzene rings is 2. The van der Waals surface area contributed by atoms with Gasteiger partial charge in [0, 0.05) is 83.1 Å². The standard InChI is InChI=1S/C45H64N10O6S/c1-7-16-47-50-42(59)34-12-14-35(15-13-34)53-21-17-52(18-22-53)28-39(58)54-23-19-51(20-24-54)27-38(57)49-41(45(4,5)6)44(61)55-26-36(56)25-37(55)43(60)48-30(2)32-8-10-33(11-9-32)40-31(3)46-29-62-40/h8-15,29-30,36-37,41,47,56H,7,16-28H2,1-6H3,(H,48,60)(H,49,57)(H,50,59)/t30-,36+,37-,41+/m0/s1. The van der Waals surface area contributed by atoms with Crippen molar-refractivity contribution >= 4 is 46.6 Å². The molecule has 4 atom stereocenters. The molecule has 0 unspecified atom stereocenters. The van der Waals surface area contributed by atoms with E-state index in [2.05, 4.69) is 36.3 Å². The molecule has 1 aromatic heterocycles. The van der Waals surface area contributed by atoms with Gasteiger partial charge in [-0.3, -0.25) is 39.2 Å². The zero-order valence-corrected chi connectivity index (χ0v) is 37.8. The number of carbonyl (C=O) groups is 5. The number of aromatic nitrogens is 1. The Hall–Kier alpha value is -4.94. The van der Waals surface area contributed by atoms with Gasteiger partial charge >= 0.3 is 0 Å². The van der Waals surface area contributed by atoms with Crippen LogP contribution in [-0.4, -0.2) is 156 Å². The van der Waals surface area contributed by atoms with Gasteiger partial charge in [-0.15, -0.1) is 11.3 Å². The van der Waals surface area contributed by atoms with E-state index in [0.717, 1.165) is 60.0 Å². The largest absolute Gasteiger partial charge is 0.391 e. The Labute approximate surface area is 369 Å². The summed E-state index contributed by atoms with van der Waals surface area (Å²) in [6.07, 6.45) is 0.154. The maximum absolute atomic E-state index is 14.2. The van der Waals surface area contributed by atoms with Crippen molar-refractivity contribution in [1.29, 1.82) is 0 Å². The molecule has 336 valence electrons. The van der Waals surface area contributed by atoms with Crippen LogP contribution in [0, 0.1) is 12.3 Å². The second-order valence-corrected chi connectivity index (χ2v) is 18.6. The van der Waals surface area contributed by atoms with Crippen molar-refractivity contribution in [1.82, 2.24) is 46.1 Å². The molecular formula is C45H64N10O6S. The quantitative estimate of drug-likeness (QED) is 0.112. The third kappa shape index (κ3) is 11.9. The number of aliphatic hydroxyl groups is 1. The number of anilines is 1. The number of β-amino-alcohol motifs (C(OH)–C–C–N with tert-alkyl or cyclic N) is 1. The molecular weight excluding hydrogens is 809 g/mol. The number of hydrazine groups is 1. The number of amides is 5. The van der Waals surface area contributed by atoms with Gasteiger partial charge in [0.05, 0.1) is 41.3 Å². The van der Waals surface area contributed by atoms with E-state index in [9.17, 15) is 29.1 Å². The summed E-state index contributed by atoms with van der Waals surface area (Å²) >= 11 is 1.58. The van der Waals surface area contributed by atoms with Gasteiger partial charge in [0.2, 0.25) is 23.6 Å². The number of aliphatic hydroxyl groups excluding tert-OH is 1. The highest BCUT2D eigenvalue weighted by Gasteiger charge is 2.45. The Balaban J connectivity index is 0.941. The van der Waals surface area contributed by atoms with Crippen molar-refractivity contribution in [3.8, 4) is 10.4 Å². The summed E-state index contributed by atoms with van der Waals surface area (Å²) in [5, 5.41) is 16.7. The van der Waals surface area contributed by atoms with Crippen LogP contribution in [0.5, 0.6) is 0 Å². The van der Waals surface area contributed by atoms with Gasteiger partial charge in [-0.2, -0.15) is 0 Å². The van der Waals surface area contributed by atoms with Crippen LogP contribution in [0.1, 0.15) is 75.1 Å². The zero-order chi connectivity index (χ0) is 44.6. The van der Waals surface area contributed by atoms with E-state index in [-0.39, 0.29) is 49.2 Å². The number of hydrogen-bond acceptors (Lipinski definition) is 12. The fraction of sp³-hybridized carbons (Fsp3) is 0.556. The minimum absolute atomic E-state index is 0.00502. The van der Waals surface area contributed by atoms with Crippen LogP contribution in [0.3, 0.4) is 0 Å². The molecule has 5 N–H and O–H groups in total. The van der Waals surface area contributed by atoms with Gasteiger partial charge in [0.25, 0.3) is 5.91 Å². The number of nitrogens with zero attached hydrogens (tertiary/aromatic N) is 6. The fourth-order valence-corrected chi connectivity index (χ4v) is 9.01. The second-order valence-electron chi connectivity index (χ2n) is 17.7. The highest BCUT2D eigenvalue weighted by molar-refractivity contribution is 7.13. The number of piperazine rings is 2. The molecule has 0 radical (unpaired) electrons. The van der Waals surface area contributed by atoms with Gasteiger partial charge in [-0.25, -0.2) is 10.4 Å². The van der Waals surface area contributed by atoms with Crippen molar-refractivity contribution in [3.05, 3.63) is 70.9 Å². The van der Waals surface area contributed by atoms with Gasteiger partial charge in [0.15, 0.2) is 0 Å². The molecule has 3 aliphatic heterocycles. The molecule has 16 nitrogen and oxygen atoms in total. The number of hydrogen-bond donors (Lipinski definition) is 5. The summed E-state index contributed by atoms with van der Waals surface area (Å²) in [6, 6.07) is 13.4. The number of thiazole rings is 1. The van der Waals surface area contributed by atoms with Crippen LogP contribution in [0.4, 0.5) is 5.69 Å². The van der Waals surface area contributed by atoms with E-state index in [1.54, 1.807) is 11.3 Å². The SMILES string of the molecule is CCCNNC(=O)c1ccc(N2CCN(CC(=O)N3CCN(CC(=O)N[C@H](C(=O)N4C[C@H](O)C[C@H]4C(=O)N[C@@H](C)c4ccc(-c5scnc5C)cc4)C(C)(C)C)CC3)CC2)cc1. The Bertz CT molecular complexity index is 2010. The molecule has 0 spiro atoms. The summed E-state index contributed by atoms with van der Waals surface area (Å²) < 4.78 is 0. The van der Waals surface area contributed by atoms with Crippen molar-refractivity contribution in [2.24, 2.45) is 5.41 Å². The van der Waals surface area contributed by atoms with Crippen LogP contribution in [0.15, 0.2) is 54.0 Å². The highest BCUT2D eigenvalue weighted by atomic mass is 32.1. The first kappa shape index (κ1) is 46.6. The lowest BCUT2D eigenvalue weighted by Gasteiger charge is -2.39. The number of nitrogens with one attached hydrogen (secondary N) is 4. The normalized spacial score (nSPS) is 19.8. The number of rotatable bonds is 15. The molecule has 3 fully saturated rings. The Morgan fingerprint density at radius 3 is 2.13 bits per heavy atom. The molecule has 3 aromatic rings. The lowest BCUT2D eigenvalue weighted by Crippen LogP contribution is -2.59. The van der Waals surface area contributed by atoms with Gasteiger partial charge in [-0.1, -0.05) is 52.0 Å². The third-order valence-electron chi connectivity index (χ3n) is 12.0. The average molecular weight is 873 g/mol. The first-order chi connectivity index (χ1) is 29.6. The monoisotopic (exact) mass is 872 g/mol. The summed E-state index contributed by atoms with van der Waals surface area (Å²) in [5.74, 6) is -1.18. The Kier molecular flexibility index (Phi) is 15.7. The Morgan fingerprint density at radius 1 is 0.871 bits per heavy atom. The van der Waals surface area contributed by atoms with Gasteiger partial charge < -0.3 is 30.4 Å². The minimum Gasteiger partial charge on any atom is -0.391 e. The molecule has 62 heavy (non-hydrogen) atoms. The van der Waals surface area contributed by atoms with E-state index in [1.807, 2.05) is 105 Å². The molecule has 0 saturated carbocycles. The maximum atomic E-state index is 14.2. The minimum atomic E-state index is -0.933. The van der Waals surface area contributed by atoms with Crippen LogP contribution >= 0.6 is 11.3 Å². The average Bonchev–Trinajstić information content (AvgIpc) is 3.88. The Morgan fingerprint density at radius 2 is 1.52 bits per heavy atom. The molecule has 17 heteroatoms. The van der Waals surface area contributed by atoms with E-state index >= 15 is 0 Å². The van der Waals surface area contributed by atoms with Crippen molar-refractivity contribution in [2.75, 3.05) is 83.4 Å². The smallest absolute Gasteiger partial charge is 0.265 e. The first-order valence-electron chi connectivity index (χ1n) is 21.8.